The molecule has 102 valence electrons. The van der Waals surface area contributed by atoms with Gasteiger partial charge in [0, 0.05) is 5.41 Å². The van der Waals surface area contributed by atoms with Gasteiger partial charge in [0.05, 0.1) is 6.21 Å². The third-order valence-electron chi connectivity index (χ3n) is 3.08. The van der Waals surface area contributed by atoms with Crippen LogP contribution < -0.4 is 0 Å². The smallest absolute Gasteiger partial charge is 0.0530 e. The van der Waals surface area contributed by atoms with Crippen LogP contribution >= 0.6 is 0 Å². The summed E-state index contributed by atoms with van der Waals surface area (Å²) in [6, 6.07) is 20.5. The van der Waals surface area contributed by atoms with Crippen molar-refractivity contribution in [2.75, 3.05) is 0 Å². The Kier molecular flexibility index (Phi) is 4.36. The molecule has 0 fully saturated rings. The molecule has 2 heteroatoms. The van der Waals surface area contributed by atoms with Gasteiger partial charge in [-0.1, -0.05) is 80.6 Å². The van der Waals surface area contributed by atoms with E-state index in [9.17, 15) is 0 Å². The first kappa shape index (κ1) is 14.1. The second-order valence-corrected chi connectivity index (χ2v) is 5.36. The summed E-state index contributed by atoms with van der Waals surface area (Å²) < 4.78 is 0. The summed E-state index contributed by atoms with van der Waals surface area (Å²) in [4.78, 5) is 0. The number of allylic oxidation sites excluding steroid dienone is 1. The van der Waals surface area contributed by atoms with Crippen LogP contribution in [0.1, 0.15) is 25.0 Å². The summed E-state index contributed by atoms with van der Waals surface area (Å²) in [5.74, 6) is 0. The Morgan fingerprint density at radius 2 is 1.35 bits per heavy atom. The maximum Gasteiger partial charge on any atom is 0.0530 e. The first-order chi connectivity index (χ1) is 9.62. The van der Waals surface area contributed by atoms with Gasteiger partial charge in [0.2, 0.25) is 0 Å². The lowest BCUT2D eigenvalue weighted by molar-refractivity contribution is 0.317. The Labute approximate surface area is 120 Å². The van der Waals surface area contributed by atoms with E-state index < -0.39 is 0 Å². The van der Waals surface area contributed by atoms with Gasteiger partial charge in [-0.15, -0.1) is 5.16 Å². The van der Waals surface area contributed by atoms with Crippen molar-refractivity contribution in [3.8, 4) is 0 Å². The molecule has 0 saturated carbocycles. The molecule has 0 heterocycles. The van der Waals surface area contributed by atoms with Crippen LogP contribution in [0.3, 0.4) is 0 Å². The fourth-order valence-corrected chi connectivity index (χ4v) is 2.13. The average molecular weight is 265 g/mol. The van der Waals surface area contributed by atoms with Crippen LogP contribution in [0.2, 0.25) is 0 Å². The highest BCUT2D eigenvalue weighted by atomic mass is 16.4. The minimum absolute atomic E-state index is 0.324. The van der Waals surface area contributed by atoms with E-state index in [-0.39, 0.29) is 5.41 Å². The van der Waals surface area contributed by atoms with Gasteiger partial charge in [0.15, 0.2) is 0 Å². The predicted molar refractivity (Wildman–Crippen MR) is 84.0 cm³/mol. The number of benzene rings is 2. The van der Waals surface area contributed by atoms with Crippen molar-refractivity contribution in [1.82, 2.24) is 0 Å². The van der Waals surface area contributed by atoms with Crippen molar-refractivity contribution >= 4 is 11.8 Å². The van der Waals surface area contributed by atoms with Crippen molar-refractivity contribution in [3.63, 3.8) is 0 Å². The number of hydrogen-bond acceptors (Lipinski definition) is 2. The number of rotatable bonds is 4. The zero-order chi connectivity index (χ0) is 14.4. The minimum Gasteiger partial charge on any atom is -0.411 e. The topological polar surface area (TPSA) is 32.6 Å². The van der Waals surface area contributed by atoms with E-state index in [0.29, 0.717) is 0 Å². The normalized spacial score (nSPS) is 11.5. The van der Waals surface area contributed by atoms with Crippen molar-refractivity contribution < 1.29 is 5.21 Å². The van der Waals surface area contributed by atoms with E-state index in [4.69, 9.17) is 5.21 Å². The van der Waals surface area contributed by atoms with Gasteiger partial charge >= 0.3 is 0 Å². The van der Waals surface area contributed by atoms with Gasteiger partial charge in [-0.3, -0.25) is 0 Å². The monoisotopic (exact) mass is 265 g/mol. The standard InChI is InChI=1S/C18H19NO/c1-18(2,14-19-20)13-17(15-9-5-3-6-10-15)16-11-7-4-8-12-16/h3-14,20H,1-2H3/b19-14+. The van der Waals surface area contributed by atoms with E-state index in [0.717, 1.165) is 16.7 Å². The Morgan fingerprint density at radius 3 is 1.75 bits per heavy atom. The molecule has 2 aromatic carbocycles. The highest BCUT2D eigenvalue weighted by molar-refractivity contribution is 5.83. The second kappa shape index (κ2) is 6.20. The van der Waals surface area contributed by atoms with Gasteiger partial charge in [0.1, 0.15) is 0 Å². The molecule has 2 nitrogen and oxygen atoms in total. The van der Waals surface area contributed by atoms with E-state index in [2.05, 4.69) is 35.5 Å². The zero-order valence-electron chi connectivity index (χ0n) is 11.8. The lowest BCUT2D eigenvalue weighted by atomic mass is 9.87. The Balaban J connectivity index is 2.54. The van der Waals surface area contributed by atoms with Crippen LogP contribution in [0.4, 0.5) is 0 Å². The van der Waals surface area contributed by atoms with Gasteiger partial charge in [-0.2, -0.15) is 0 Å². The molecule has 2 aromatic rings. The molecule has 0 atom stereocenters. The van der Waals surface area contributed by atoms with E-state index in [1.54, 1.807) is 6.21 Å². The maximum absolute atomic E-state index is 8.80. The molecular formula is C18H19NO. The van der Waals surface area contributed by atoms with E-state index in [1.165, 1.54) is 0 Å². The van der Waals surface area contributed by atoms with Gasteiger partial charge < -0.3 is 5.21 Å². The number of hydrogen-bond donors (Lipinski definition) is 1. The number of oxime groups is 1. The zero-order valence-corrected chi connectivity index (χ0v) is 11.8. The molecule has 0 aliphatic rings. The molecular weight excluding hydrogens is 246 g/mol. The average Bonchev–Trinajstić information content (AvgIpc) is 2.47. The molecule has 0 unspecified atom stereocenters. The lowest BCUT2D eigenvalue weighted by Gasteiger charge is -2.17. The fourth-order valence-electron chi connectivity index (χ4n) is 2.13. The molecule has 0 aliphatic heterocycles. The van der Waals surface area contributed by atoms with Crippen molar-refractivity contribution in [2.45, 2.75) is 13.8 Å². The van der Waals surface area contributed by atoms with Gasteiger partial charge in [-0.25, -0.2) is 0 Å². The fraction of sp³-hybridized carbons (Fsp3) is 0.167. The molecule has 20 heavy (non-hydrogen) atoms. The molecule has 0 bridgehead atoms. The van der Waals surface area contributed by atoms with Crippen LogP contribution in [0, 0.1) is 5.41 Å². The SMILES string of the molecule is CC(C)(C=C(c1ccccc1)c1ccccc1)/C=N/O. The summed E-state index contributed by atoms with van der Waals surface area (Å²) in [5, 5.41) is 12.0. The third-order valence-corrected chi connectivity index (χ3v) is 3.08. The van der Waals surface area contributed by atoms with Gasteiger partial charge in [0.25, 0.3) is 0 Å². The third kappa shape index (κ3) is 3.58. The van der Waals surface area contributed by atoms with Crippen molar-refractivity contribution in [1.29, 1.82) is 0 Å². The highest BCUT2D eigenvalue weighted by Gasteiger charge is 2.15. The second-order valence-electron chi connectivity index (χ2n) is 5.36. The van der Waals surface area contributed by atoms with Gasteiger partial charge in [-0.05, 0) is 16.7 Å². The van der Waals surface area contributed by atoms with E-state index in [1.807, 2.05) is 50.2 Å². The molecule has 0 saturated heterocycles. The first-order valence-electron chi connectivity index (χ1n) is 6.65. The quantitative estimate of drug-likeness (QED) is 0.489. The highest BCUT2D eigenvalue weighted by Crippen LogP contribution is 2.28. The molecule has 0 aromatic heterocycles. The van der Waals surface area contributed by atoms with Crippen LogP contribution in [-0.4, -0.2) is 11.4 Å². The first-order valence-corrected chi connectivity index (χ1v) is 6.65. The van der Waals surface area contributed by atoms with Crippen molar-refractivity contribution in [2.24, 2.45) is 10.6 Å². The summed E-state index contributed by atoms with van der Waals surface area (Å²) in [6.45, 7) is 4.03. The van der Waals surface area contributed by atoms with Crippen LogP contribution in [-0.2, 0) is 0 Å². The minimum atomic E-state index is -0.324. The largest absolute Gasteiger partial charge is 0.411 e. The number of nitrogens with zero attached hydrogens (tertiary/aromatic N) is 1. The molecule has 0 spiro atoms. The predicted octanol–water partition coefficient (Wildman–Crippen LogP) is 4.60. The molecule has 0 amide bonds. The van der Waals surface area contributed by atoms with Crippen LogP contribution in [0.25, 0.3) is 5.57 Å². The lowest BCUT2D eigenvalue weighted by Crippen LogP contribution is -2.10. The Bertz CT molecular complexity index is 556. The molecule has 0 aliphatic carbocycles. The Hall–Kier alpha value is -2.35. The van der Waals surface area contributed by atoms with E-state index >= 15 is 0 Å². The summed E-state index contributed by atoms with van der Waals surface area (Å²) in [7, 11) is 0. The maximum atomic E-state index is 8.80. The van der Waals surface area contributed by atoms with Crippen LogP contribution in [0.5, 0.6) is 0 Å². The van der Waals surface area contributed by atoms with Crippen LogP contribution in [0.15, 0.2) is 71.9 Å². The van der Waals surface area contributed by atoms with Crippen molar-refractivity contribution in [3.05, 3.63) is 77.9 Å². The summed E-state index contributed by atoms with van der Waals surface area (Å²) >= 11 is 0. The molecule has 2 rings (SSSR count). The Morgan fingerprint density at radius 1 is 0.900 bits per heavy atom. The molecule has 0 radical (unpaired) electrons. The summed E-state index contributed by atoms with van der Waals surface area (Å²) in [6.07, 6.45) is 3.66. The molecule has 1 N–H and O–H groups in total. The summed E-state index contributed by atoms with van der Waals surface area (Å²) in [5.41, 5.74) is 3.11.